The highest BCUT2D eigenvalue weighted by Gasteiger charge is 2.43. The third kappa shape index (κ3) is 4.26. The van der Waals surface area contributed by atoms with Crippen LogP contribution < -0.4 is 9.47 Å². The van der Waals surface area contributed by atoms with Gasteiger partial charge >= 0.3 is 6.09 Å². The van der Waals surface area contributed by atoms with Gasteiger partial charge in [0.15, 0.2) is 11.5 Å². The van der Waals surface area contributed by atoms with E-state index in [2.05, 4.69) is 0 Å². The maximum Gasteiger partial charge on any atom is 0.410 e. The molecule has 0 saturated carbocycles. The molecule has 0 bridgehead atoms. The Bertz CT molecular complexity index is 1110. The molecule has 5 nitrogen and oxygen atoms in total. The van der Waals surface area contributed by atoms with Crippen molar-refractivity contribution in [3.05, 3.63) is 64.2 Å². The molecule has 4 rings (SSSR count). The number of nitrogens with zero attached hydrogens (tertiary/aromatic N) is 1. The van der Waals surface area contributed by atoms with Crippen molar-refractivity contribution in [2.24, 2.45) is 0 Å². The number of rotatable bonds is 2. The Hall–Kier alpha value is -2.80. The largest absolute Gasteiger partial charge is 0.444 e. The second-order valence-corrected chi connectivity index (χ2v) is 9.37. The van der Waals surface area contributed by atoms with Gasteiger partial charge in [-0.05, 0) is 63.1 Å². The molecule has 1 unspecified atom stereocenters. The number of carbonyl (C=O) groups excluding carboxylic acids is 1. The minimum absolute atomic E-state index is 0.151. The van der Waals surface area contributed by atoms with Gasteiger partial charge in [-0.1, -0.05) is 17.7 Å². The Labute approximate surface area is 190 Å². The van der Waals surface area contributed by atoms with Crippen LogP contribution in [-0.2, 0) is 10.5 Å². The van der Waals surface area contributed by atoms with Crippen LogP contribution in [0.1, 0.15) is 45.2 Å². The molecule has 2 aliphatic heterocycles. The number of fused-ring (bicyclic) bond motifs is 1. The Balaban J connectivity index is 1.62. The molecule has 8 heteroatoms. The number of hydrogen-bond donors (Lipinski definition) is 0. The minimum Gasteiger partial charge on any atom is -0.444 e. The first-order valence-corrected chi connectivity index (χ1v) is 10.7. The summed E-state index contributed by atoms with van der Waals surface area (Å²) in [5.41, 5.74) is 0.492. The maximum absolute atomic E-state index is 14.9. The Morgan fingerprint density at radius 3 is 2.53 bits per heavy atom. The fourth-order valence-electron chi connectivity index (χ4n) is 3.80. The van der Waals surface area contributed by atoms with Gasteiger partial charge in [0.1, 0.15) is 17.2 Å². The van der Waals surface area contributed by atoms with Gasteiger partial charge in [-0.3, -0.25) is 0 Å². The lowest BCUT2D eigenvalue weighted by Crippen LogP contribution is -2.39. The first-order valence-electron chi connectivity index (χ1n) is 10.3. The highest BCUT2D eigenvalue weighted by atomic mass is 35.5. The van der Waals surface area contributed by atoms with Crippen LogP contribution in [-0.4, -0.2) is 29.7 Å². The van der Waals surface area contributed by atoms with Crippen molar-refractivity contribution in [1.82, 2.24) is 4.90 Å². The topological polar surface area (TPSA) is 48.0 Å². The van der Waals surface area contributed by atoms with E-state index in [9.17, 15) is 13.6 Å². The van der Waals surface area contributed by atoms with E-state index in [0.29, 0.717) is 24.3 Å². The van der Waals surface area contributed by atoms with E-state index in [4.69, 9.17) is 25.8 Å². The van der Waals surface area contributed by atoms with E-state index < -0.39 is 29.1 Å². The lowest BCUT2D eigenvalue weighted by atomic mass is 9.97. The Kier molecular flexibility index (Phi) is 5.57. The highest BCUT2D eigenvalue weighted by Crippen LogP contribution is 2.49. The third-order valence-electron chi connectivity index (χ3n) is 5.27. The van der Waals surface area contributed by atoms with Crippen LogP contribution in [0.4, 0.5) is 13.6 Å². The van der Waals surface area contributed by atoms with Crippen LogP contribution in [0.15, 0.2) is 36.4 Å². The fraction of sp³-hybridized carbons (Fsp3) is 0.375. The van der Waals surface area contributed by atoms with E-state index in [1.165, 1.54) is 30.3 Å². The summed E-state index contributed by atoms with van der Waals surface area (Å²) in [4.78, 5) is 13.9. The van der Waals surface area contributed by atoms with E-state index in [1.54, 1.807) is 38.7 Å². The van der Waals surface area contributed by atoms with Gasteiger partial charge in [-0.15, -0.1) is 0 Å². The number of ether oxygens (including phenoxy) is 3. The maximum atomic E-state index is 14.9. The monoisotopic (exact) mass is 463 g/mol. The summed E-state index contributed by atoms with van der Waals surface area (Å²) >= 11 is 5.86. The van der Waals surface area contributed by atoms with Crippen LogP contribution in [0.2, 0.25) is 5.02 Å². The lowest BCUT2D eigenvalue weighted by Gasteiger charge is -2.30. The Morgan fingerprint density at radius 2 is 1.91 bits per heavy atom. The van der Waals surface area contributed by atoms with Crippen LogP contribution in [0.5, 0.6) is 11.5 Å². The van der Waals surface area contributed by atoms with Gasteiger partial charge in [0.25, 0.3) is 5.79 Å². The number of hydrogen-bond acceptors (Lipinski definition) is 4. The molecule has 1 amide bonds. The van der Waals surface area contributed by atoms with Gasteiger partial charge in [-0.2, -0.15) is 0 Å². The van der Waals surface area contributed by atoms with Crippen molar-refractivity contribution in [2.75, 3.05) is 13.1 Å². The first-order chi connectivity index (χ1) is 15.0. The van der Waals surface area contributed by atoms with Gasteiger partial charge in [0, 0.05) is 25.0 Å². The summed E-state index contributed by atoms with van der Waals surface area (Å²) < 4.78 is 46.8. The van der Waals surface area contributed by atoms with Crippen molar-refractivity contribution >= 4 is 23.3 Å². The minimum atomic E-state index is -1.47. The lowest BCUT2D eigenvalue weighted by molar-refractivity contribution is -0.0708. The van der Waals surface area contributed by atoms with Crippen molar-refractivity contribution in [2.45, 2.75) is 45.5 Å². The van der Waals surface area contributed by atoms with Crippen LogP contribution in [0, 0.1) is 11.6 Å². The molecule has 0 radical (unpaired) electrons. The zero-order valence-electron chi connectivity index (χ0n) is 18.3. The molecule has 0 fully saturated rings. The van der Waals surface area contributed by atoms with Crippen molar-refractivity contribution in [3.63, 3.8) is 0 Å². The second-order valence-electron chi connectivity index (χ2n) is 8.93. The summed E-state index contributed by atoms with van der Waals surface area (Å²) in [6.07, 6.45) is 1.76. The predicted molar refractivity (Wildman–Crippen MR) is 117 cm³/mol. The second kappa shape index (κ2) is 7.96. The van der Waals surface area contributed by atoms with Crippen molar-refractivity contribution in [1.29, 1.82) is 0 Å². The zero-order valence-corrected chi connectivity index (χ0v) is 19.1. The average molecular weight is 464 g/mol. The molecule has 2 aromatic rings. The summed E-state index contributed by atoms with van der Waals surface area (Å²) in [5, 5.41) is 0.249. The molecule has 0 saturated heterocycles. The first kappa shape index (κ1) is 22.4. The summed E-state index contributed by atoms with van der Waals surface area (Å²) in [6.45, 7) is 7.62. The van der Waals surface area contributed by atoms with Crippen molar-refractivity contribution < 1.29 is 27.8 Å². The summed E-state index contributed by atoms with van der Waals surface area (Å²) in [7, 11) is 0. The number of benzene rings is 2. The summed E-state index contributed by atoms with van der Waals surface area (Å²) in [5.74, 6) is -2.02. The standard InChI is InChI=1S/C24H24ClF2NO4/c1-23(2,3)32-22(29)28-11-9-14(10-12-28)20-17(26)7-8-19-21(20)31-24(4,30-19)16-6-5-15(25)13-18(16)27/h5-9,13H,10-12H2,1-4H3. The molecule has 0 aromatic heterocycles. The van der Waals surface area contributed by atoms with Gasteiger partial charge in [0.2, 0.25) is 0 Å². The Morgan fingerprint density at radius 1 is 1.16 bits per heavy atom. The van der Waals surface area contributed by atoms with Crippen LogP contribution in [0.25, 0.3) is 5.57 Å². The van der Waals surface area contributed by atoms with Gasteiger partial charge < -0.3 is 19.1 Å². The quantitative estimate of drug-likeness (QED) is 0.525. The SMILES string of the molecule is CC(C)(C)OC(=O)N1CC=C(c2c(F)ccc3c2OC(C)(c2ccc(Cl)cc2F)O3)CC1. The number of carbonyl (C=O) groups is 1. The van der Waals surface area contributed by atoms with Crippen LogP contribution >= 0.6 is 11.6 Å². The average Bonchev–Trinajstić information content (AvgIpc) is 3.03. The molecule has 0 N–H and O–H groups in total. The fourth-order valence-corrected chi connectivity index (χ4v) is 3.96. The molecule has 0 spiro atoms. The van der Waals surface area contributed by atoms with Crippen LogP contribution in [0.3, 0.4) is 0 Å². The smallest absolute Gasteiger partial charge is 0.410 e. The normalized spacial score (nSPS) is 20.2. The van der Waals surface area contributed by atoms with E-state index >= 15 is 0 Å². The van der Waals surface area contributed by atoms with E-state index in [-0.39, 0.29) is 28.4 Å². The van der Waals surface area contributed by atoms with E-state index in [1.807, 2.05) is 0 Å². The molecular formula is C24H24ClF2NO4. The number of halogens is 3. The predicted octanol–water partition coefficient (Wildman–Crippen LogP) is 6.29. The molecule has 1 atom stereocenters. The molecule has 2 aromatic carbocycles. The molecule has 170 valence electrons. The summed E-state index contributed by atoms with van der Waals surface area (Å²) in [6, 6.07) is 6.95. The van der Waals surface area contributed by atoms with Gasteiger partial charge in [0.05, 0.1) is 11.1 Å². The molecule has 2 heterocycles. The molecule has 2 aliphatic rings. The van der Waals surface area contributed by atoms with E-state index in [0.717, 1.165) is 0 Å². The molecule has 0 aliphatic carbocycles. The van der Waals surface area contributed by atoms with Crippen molar-refractivity contribution in [3.8, 4) is 11.5 Å². The van der Waals surface area contributed by atoms with Gasteiger partial charge in [-0.25, -0.2) is 13.6 Å². The third-order valence-corrected chi connectivity index (χ3v) is 5.51. The zero-order chi connectivity index (χ0) is 23.3. The highest BCUT2D eigenvalue weighted by molar-refractivity contribution is 6.30. The molecule has 32 heavy (non-hydrogen) atoms. The molecular weight excluding hydrogens is 440 g/mol. The number of amides is 1.